The molecule has 1 amide bonds. The van der Waals surface area contributed by atoms with Gasteiger partial charge in [0, 0.05) is 29.0 Å². The third-order valence-corrected chi connectivity index (χ3v) is 5.99. The molecule has 0 radical (unpaired) electrons. The molecule has 0 fully saturated rings. The summed E-state index contributed by atoms with van der Waals surface area (Å²) in [7, 11) is 0. The molecule has 2 aromatic heterocycles. The van der Waals surface area contributed by atoms with Crippen LogP contribution in [0.5, 0.6) is 11.5 Å². The van der Waals surface area contributed by atoms with Crippen LogP contribution in [0.2, 0.25) is 0 Å². The van der Waals surface area contributed by atoms with Crippen molar-refractivity contribution in [3.63, 3.8) is 0 Å². The number of halogens is 1. The molecular formula is C20H13BrN4O3S. The monoisotopic (exact) mass is 468 g/mol. The molecule has 144 valence electrons. The van der Waals surface area contributed by atoms with Crippen LogP contribution in [-0.2, 0) is 0 Å². The van der Waals surface area contributed by atoms with Crippen LogP contribution < -0.4 is 14.8 Å². The number of fused-ring (bicyclic) bond motifs is 2. The largest absolute Gasteiger partial charge is 0.486 e. The van der Waals surface area contributed by atoms with Gasteiger partial charge >= 0.3 is 0 Å². The molecule has 0 atom stereocenters. The van der Waals surface area contributed by atoms with Crippen LogP contribution in [0.3, 0.4) is 0 Å². The maximum absolute atomic E-state index is 13.0. The number of benzene rings is 2. The van der Waals surface area contributed by atoms with E-state index in [0.717, 1.165) is 10.2 Å². The SMILES string of the molecule is O=C(Nc1cc2c(cc1Br)OCCO2)c1nccnc1-c1nc2ccccc2s1. The van der Waals surface area contributed by atoms with Crippen molar-refractivity contribution in [3.8, 4) is 22.2 Å². The second-order valence-corrected chi connectivity index (χ2v) is 8.06. The van der Waals surface area contributed by atoms with E-state index in [-0.39, 0.29) is 11.6 Å². The lowest BCUT2D eigenvalue weighted by molar-refractivity contribution is 0.102. The van der Waals surface area contributed by atoms with Gasteiger partial charge in [-0.25, -0.2) is 15.0 Å². The number of aromatic nitrogens is 3. The van der Waals surface area contributed by atoms with Crippen molar-refractivity contribution in [2.24, 2.45) is 0 Å². The number of amides is 1. The highest BCUT2D eigenvalue weighted by molar-refractivity contribution is 9.10. The number of rotatable bonds is 3. The molecule has 4 aromatic rings. The van der Waals surface area contributed by atoms with Crippen molar-refractivity contribution in [3.05, 3.63) is 59.0 Å². The molecule has 3 heterocycles. The minimum Gasteiger partial charge on any atom is -0.486 e. The van der Waals surface area contributed by atoms with Gasteiger partial charge in [0.15, 0.2) is 17.2 Å². The standard InChI is InChI=1S/C20H13BrN4O3S/c21-11-9-14-15(28-8-7-27-14)10-13(11)24-19(26)17-18(23-6-5-22-17)20-25-12-3-1-2-4-16(12)29-20/h1-6,9-10H,7-8H2,(H,24,26). The molecule has 1 aliphatic rings. The summed E-state index contributed by atoms with van der Waals surface area (Å²) in [5.74, 6) is 0.834. The van der Waals surface area contributed by atoms with Crippen LogP contribution in [0.1, 0.15) is 10.5 Å². The summed E-state index contributed by atoms with van der Waals surface area (Å²) in [5, 5.41) is 3.52. The van der Waals surface area contributed by atoms with E-state index in [1.54, 1.807) is 18.3 Å². The third-order valence-electron chi connectivity index (χ3n) is 4.29. The van der Waals surface area contributed by atoms with Gasteiger partial charge in [0.25, 0.3) is 5.91 Å². The molecule has 5 rings (SSSR count). The second kappa shape index (κ2) is 7.41. The lowest BCUT2D eigenvalue weighted by atomic mass is 10.2. The molecule has 1 N–H and O–H groups in total. The predicted octanol–water partition coefficient (Wildman–Crippen LogP) is 4.54. The van der Waals surface area contributed by atoms with Gasteiger partial charge in [-0.05, 0) is 28.1 Å². The van der Waals surface area contributed by atoms with E-state index in [9.17, 15) is 4.79 Å². The summed E-state index contributed by atoms with van der Waals surface area (Å²) in [6.07, 6.45) is 3.04. The van der Waals surface area contributed by atoms with Crippen LogP contribution in [0.15, 0.2) is 53.3 Å². The lowest BCUT2D eigenvalue weighted by Crippen LogP contribution is -2.18. The number of hydrogen-bond donors (Lipinski definition) is 1. The molecule has 0 saturated heterocycles. The number of nitrogens with one attached hydrogen (secondary N) is 1. The first kappa shape index (κ1) is 18.0. The fraction of sp³-hybridized carbons (Fsp3) is 0.100. The van der Waals surface area contributed by atoms with Gasteiger partial charge in [0.05, 0.1) is 15.9 Å². The van der Waals surface area contributed by atoms with E-state index in [4.69, 9.17) is 9.47 Å². The molecule has 1 aliphatic heterocycles. The Balaban J connectivity index is 1.50. The summed E-state index contributed by atoms with van der Waals surface area (Å²) < 4.78 is 12.9. The molecule has 0 saturated carbocycles. The highest BCUT2D eigenvalue weighted by Gasteiger charge is 2.21. The third kappa shape index (κ3) is 3.43. The van der Waals surface area contributed by atoms with Crippen LogP contribution in [0.25, 0.3) is 20.9 Å². The van der Waals surface area contributed by atoms with E-state index in [1.807, 2.05) is 24.3 Å². The number of carbonyl (C=O) groups is 1. The van der Waals surface area contributed by atoms with E-state index >= 15 is 0 Å². The van der Waals surface area contributed by atoms with Crippen LogP contribution >= 0.6 is 27.3 Å². The lowest BCUT2D eigenvalue weighted by Gasteiger charge is -2.20. The highest BCUT2D eigenvalue weighted by Crippen LogP contribution is 2.38. The molecule has 0 spiro atoms. The molecule has 9 heteroatoms. The topological polar surface area (TPSA) is 86.2 Å². The first-order valence-corrected chi connectivity index (χ1v) is 10.4. The second-order valence-electron chi connectivity index (χ2n) is 6.17. The van der Waals surface area contributed by atoms with Gasteiger partial charge in [-0.3, -0.25) is 4.79 Å². The summed E-state index contributed by atoms with van der Waals surface area (Å²) >= 11 is 4.94. The number of carbonyl (C=O) groups excluding carboxylic acids is 1. The molecule has 2 aromatic carbocycles. The normalized spacial score (nSPS) is 12.7. The van der Waals surface area contributed by atoms with E-state index < -0.39 is 0 Å². The Morgan fingerprint density at radius 1 is 1.07 bits per heavy atom. The van der Waals surface area contributed by atoms with Crippen molar-refractivity contribution in [1.29, 1.82) is 0 Å². The van der Waals surface area contributed by atoms with Crippen LogP contribution in [-0.4, -0.2) is 34.1 Å². The maximum Gasteiger partial charge on any atom is 0.276 e. The summed E-state index contributed by atoms with van der Waals surface area (Å²) in [6.45, 7) is 0.963. The minimum absolute atomic E-state index is 0.202. The number of anilines is 1. The zero-order valence-corrected chi connectivity index (χ0v) is 17.3. The zero-order valence-electron chi connectivity index (χ0n) is 14.9. The van der Waals surface area contributed by atoms with Crippen molar-refractivity contribution in [1.82, 2.24) is 15.0 Å². The number of ether oxygens (including phenoxy) is 2. The van der Waals surface area contributed by atoms with Gasteiger partial charge in [0.1, 0.15) is 23.9 Å². The van der Waals surface area contributed by atoms with Crippen molar-refractivity contribution < 1.29 is 14.3 Å². The van der Waals surface area contributed by atoms with E-state index in [2.05, 4.69) is 36.2 Å². The zero-order chi connectivity index (χ0) is 19.8. The van der Waals surface area contributed by atoms with Crippen molar-refractivity contribution in [2.75, 3.05) is 18.5 Å². The van der Waals surface area contributed by atoms with Gasteiger partial charge in [-0.2, -0.15) is 0 Å². The van der Waals surface area contributed by atoms with Gasteiger partial charge in [-0.1, -0.05) is 12.1 Å². The summed E-state index contributed by atoms with van der Waals surface area (Å²) in [4.78, 5) is 26.2. The Morgan fingerprint density at radius 2 is 1.83 bits per heavy atom. The Hall–Kier alpha value is -3.04. The smallest absolute Gasteiger partial charge is 0.276 e. The first-order valence-electron chi connectivity index (χ1n) is 8.76. The number of hydrogen-bond acceptors (Lipinski definition) is 7. The number of thiazole rings is 1. The summed E-state index contributed by atoms with van der Waals surface area (Å²) in [5.41, 5.74) is 2.06. The van der Waals surface area contributed by atoms with Crippen LogP contribution in [0.4, 0.5) is 5.69 Å². The number of nitrogens with zero attached hydrogens (tertiary/aromatic N) is 3. The average Bonchev–Trinajstić information content (AvgIpc) is 3.18. The molecular weight excluding hydrogens is 456 g/mol. The van der Waals surface area contributed by atoms with Crippen molar-refractivity contribution >= 4 is 49.1 Å². The van der Waals surface area contributed by atoms with Crippen LogP contribution in [0, 0.1) is 0 Å². The van der Waals surface area contributed by atoms with Crippen molar-refractivity contribution in [2.45, 2.75) is 0 Å². The molecule has 0 bridgehead atoms. The number of para-hydroxylation sites is 1. The maximum atomic E-state index is 13.0. The van der Waals surface area contributed by atoms with Gasteiger partial charge < -0.3 is 14.8 Å². The summed E-state index contributed by atoms with van der Waals surface area (Å²) in [6, 6.07) is 11.3. The fourth-order valence-electron chi connectivity index (χ4n) is 2.98. The Bertz CT molecular complexity index is 1210. The van der Waals surface area contributed by atoms with Gasteiger partial charge in [0.2, 0.25) is 0 Å². The highest BCUT2D eigenvalue weighted by atomic mass is 79.9. The Kier molecular flexibility index (Phi) is 4.61. The van der Waals surface area contributed by atoms with Gasteiger partial charge in [-0.15, -0.1) is 11.3 Å². The molecule has 0 aliphatic carbocycles. The van der Waals surface area contributed by atoms with E-state index in [0.29, 0.717) is 45.6 Å². The first-order chi connectivity index (χ1) is 14.2. The quantitative estimate of drug-likeness (QED) is 0.474. The molecule has 29 heavy (non-hydrogen) atoms. The fourth-order valence-corrected chi connectivity index (χ4v) is 4.36. The average molecular weight is 469 g/mol. The molecule has 7 nitrogen and oxygen atoms in total. The predicted molar refractivity (Wildman–Crippen MR) is 114 cm³/mol. The molecule has 0 unspecified atom stereocenters. The van der Waals surface area contributed by atoms with E-state index in [1.165, 1.54) is 17.5 Å². The Labute approximate surface area is 177 Å². The Morgan fingerprint density at radius 3 is 2.66 bits per heavy atom. The minimum atomic E-state index is -0.385.